The Morgan fingerprint density at radius 2 is 2.06 bits per heavy atom. The molecule has 1 aromatic rings. The lowest BCUT2D eigenvalue weighted by molar-refractivity contribution is -0.128. The van der Waals surface area contributed by atoms with Crippen LogP contribution in [0, 0.1) is 11.6 Å². The number of hydrogen-bond donors (Lipinski definition) is 0. The number of methoxy groups -OCH3 is 1. The highest BCUT2D eigenvalue weighted by atomic mass is 19.2. The van der Waals surface area contributed by atoms with Crippen LogP contribution in [-0.2, 0) is 9.53 Å². The van der Waals surface area contributed by atoms with Crippen molar-refractivity contribution in [1.82, 2.24) is 0 Å². The van der Waals surface area contributed by atoms with Crippen molar-refractivity contribution in [2.45, 2.75) is 18.9 Å². The summed E-state index contributed by atoms with van der Waals surface area (Å²) < 4.78 is 36.6. The van der Waals surface area contributed by atoms with Crippen LogP contribution in [0.4, 0.5) is 8.78 Å². The molecule has 0 amide bonds. The Kier molecular flexibility index (Phi) is 3.38. The van der Waals surface area contributed by atoms with E-state index in [1.165, 1.54) is 7.11 Å². The molecule has 0 spiro atoms. The summed E-state index contributed by atoms with van der Waals surface area (Å²) in [7, 11) is 1.36. The molecule has 5 heteroatoms. The predicted molar refractivity (Wildman–Crippen MR) is 55.8 cm³/mol. The average Bonchev–Trinajstić information content (AvgIpc) is 2.32. The lowest BCUT2D eigenvalue weighted by atomic mass is 9.99. The normalized spacial score (nSPS) is 20.4. The first kappa shape index (κ1) is 12.0. The summed E-state index contributed by atoms with van der Waals surface area (Å²) >= 11 is 0. The zero-order valence-electron chi connectivity index (χ0n) is 9.33. The second kappa shape index (κ2) is 4.79. The van der Waals surface area contributed by atoms with Crippen LogP contribution in [0.3, 0.4) is 0 Å². The van der Waals surface area contributed by atoms with Gasteiger partial charge in [0.2, 0.25) is 0 Å². The summed E-state index contributed by atoms with van der Waals surface area (Å²) in [5.74, 6) is -1.70. The van der Waals surface area contributed by atoms with E-state index in [2.05, 4.69) is 0 Å². The summed E-state index contributed by atoms with van der Waals surface area (Å²) in [6.45, 7) is 0.297. The topological polar surface area (TPSA) is 35.5 Å². The molecule has 1 aliphatic rings. The quantitative estimate of drug-likeness (QED) is 0.798. The van der Waals surface area contributed by atoms with E-state index in [0.717, 1.165) is 12.1 Å². The molecular weight excluding hydrogens is 230 g/mol. The van der Waals surface area contributed by atoms with Gasteiger partial charge in [0.15, 0.2) is 11.6 Å². The molecule has 2 rings (SSSR count). The summed E-state index contributed by atoms with van der Waals surface area (Å²) in [6.07, 6.45) is -0.0227. The number of Topliss-reactive ketones (excluding diaryl/α,β-unsaturated/α-hetero) is 1. The smallest absolute Gasteiger partial charge is 0.162 e. The van der Waals surface area contributed by atoms with Crippen molar-refractivity contribution < 1.29 is 23.0 Å². The third-order valence-electron chi connectivity index (χ3n) is 2.73. The van der Waals surface area contributed by atoms with E-state index in [4.69, 9.17) is 9.47 Å². The maximum atomic E-state index is 13.2. The number of ketones is 1. The van der Waals surface area contributed by atoms with Gasteiger partial charge in [-0.1, -0.05) is 0 Å². The first-order chi connectivity index (χ1) is 8.11. The van der Waals surface area contributed by atoms with E-state index in [-0.39, 0.29) is 18.0 Å². The van der Waals surface area contributed by atoms with Gasteiger partial charge in [0, 0.05) is 24.5 Å². The van der Waals surface area contributed by atoms with Crippen molar-refractivity contribution in [1.29, 1.82) is 0 Å². The van der Waals surface area contributed by atoms with Crippen LogP contribution in [0.25, 0.3) is 0 Å². The Labute approximate surface area is 97.3 Å². The van der Waals surface area contributed by atoms with Crippen LogP contribution in [-0.4, -0.2) is 19.5 Å². The molecule has 17 heavy (non-hydrogen) atoms. The van der Waals surface area contributed by atoms with Gasteiger partial charge in [-0.25, -0.2) is 8.78 Å². The molecular formula is C12H12F2O3. The Morgan fingerprint density at radius 3 is 2.71 bits per heavy atom. The number of benzene rings is 1. The minimum Gasteiger partial charge on any atom is -0.496 e. The van der Waals surface area contributed by atoms with Crippen molar-refractivity contribution in [3.63, 3.8) is 0 Å². The largest absolute Gasteiger partial charge is 0.496 e. The van der Waals surface area contributed by atoms with E-state index in [0.29, 0.717) is 18.6 Å². The van der Waals surface area contributed by atoms with Crippen LogP contribution in [0.2, 0.25) is 0 Å². The molecule has 0 aliphatic carbocycles. The van der Waals surface area contributed by atoms with Crippen molar-refractivity contribution >= 4 is 5.78 Å². The van der Waals surface area contributed by atoms with Crippen molar-refractivity contribution in [2.75, 3.05) is 13.7 Å². The van der Waals surface area contributed by atoms with Gasteiger partial charge in [0.25, 0.3) is 0 Å². The summed E-state index contributed by atoms with van der Waals surface area (Å²) in [6, 6.07) is 1.99. The fraction of sp³-hybridized carbons (Fsp3) is 0.417. The van der Waals surface area contributed by atoms with Crippen molar-refractivity contribution in [3.8, 4) is 5.75 Å². The lowest BCUT2D eigenvalue weighted by Gasteiger charge is -2.23. The number of hydrogen-bond acceptors (Lipinski definition) is 3. The van der Waals surface area contributed by atoms with Crippen LogP contribution in [0.15, 0.2) is 12.1 Å². The minimum atomic E-state index is -0.979. The van der Waals surface area contributed by atoms with Gasteiger partial charge in [-0.2, -0.15) is 0 Å². The fourth-order valence-electron chi connectivity index (χ4n) is 1.85. The Bertz CT molecular complexity index is 446. The maximum Gasteiger partial charge on any atom is 0.162 e. The highest BCUT2D eigenvalue weighted by molar-refractivity contribution is 5.79. The first-order valence-corrected chi connectivity index (χ1v) is 5.28. The number of halogens is 2. The average molecular weight is 242 g/mol. The fourth-order valence-corrected chi connectivity index (χ4v) is 1.85. The van der Waals surface area contributed by atoms with Gasteiger partial charge < -0.3 is 9.47 Å². The maximum absolute atomic E-state index is 13.2. The van der Waals surface area contributed by atoms with Gasteiger partial charge in [0.1, 0.15) is 11.5 Å². The van der Waals surface area contributed by atoms with E-state index in [1.54, 1.807) is 0 Å². The van der Waals surface area contributed by atoms with Gasteiger partial charge in [0.05, 0.1) is 19.8 Å². The highest BCUT2D eigenvalue weighted by Gasteiger charge is 2.25. The number of ether oxygens (including phenoxy) is 2. The van der Waals surface area contributed by atoms with E-state index >= 15 is 0 Å². The Hall–Kier alpha value is -1.49. The monoisotopic (exact) mass is 242 g/mol. The molecule has 1 aromatic carbocycles. The van der Waals surface area contributed by atoms with E-state index in [1.807, 2.05) is 0 Å². The third kappa shape index (κ3) is 2.44. The molecule has 0 saturated carbocycles. The van der Waals surface area contributed by atoms with Crippen LogP contribution < -0.4 is 4.74 Å². The predicted octanol–water partition coefficient (Wildman–Crippen LogP) is 2.39. The molecule has 1 saturated heterocycles. The third-order valence-corrected chi connectivity index (χ3v) is 2.73. The van der Waals surface area contributed by atoms with Crippen molar-refractivity contribution in [2.24, 2.45) is 0 Å². The van der Waals surface area contributed by atoms with Crippen LogP contribution in [0.1, 0.15) is 24.5 Å². The van der Waals surface area contributed by atoms with Crippen LogP contribution in [0.5, 0.6) is 5.75 Å². The molecule has 0 aromatic heterocycles. The molecule has 1 unspecified atom stereocenters. The molecule has 1 heterocycles. The molecule has 1 atom stereocenters. The summed E-state index contributed by atoms with van der Waals surface area (Å²) in [4.78, 5) is 11.3. The lowest BCUT2D eigenvalue weighted by Crippen LogP contribution is -2.20. The molecule has 1 fully saturated rings. The van der Waals surface area contributed by atoms with Crippen molar-refractivity contribution in [3.05, 3.63) is 29.3 Å². The molecule has 0 bridgehead atoms. The first-order valence-electron chi connectivity index (χ1n) is 5.28. The number of carbonyl (C=O) groups excluding carboxylic acids is 1. The number of carbonyl (C=O) groups is 1. The van der Waals surface area contributed by atoms with Gasteiger partial charge in [-0.15, -0.1) is 0 Å². The number of rotatable bonds is 2. The molecule has 92 valence electrons. The zero-order chi connectivity index (χ0) is 12.4. The van der Waals surface area contributed by atoms with E-state index < -0.39 is 17.7 Å². The second-order valence-electron chi connectivity index (χ2n) is 3.86. The second-order valence-corrected chi connectivity index (χ2v) is 3.86. The van der Waals surface area contributed by atoms with Crippen LogP contribution >= 0.6 is 0 Å². The Morgan fingerprint density at radius 1 is 1.35 bits per heavy atom. The Balaban J connectivity index is 2.36. The molecule has 0 N–H and O–H groups in total. The van der Waals surface area contributed by atoms with E-state index in [9.17, 15) is 13.6 Å². The molecule has 3 nitrogen and oxygen atoms in total. The zero-order valence-corrected chi connectivity index (χ0v) is 9.33. The molecule has 0 radical (unpaired) electrons. The summed E-state index contributed by atoms with van der Waals surface area (Å²) in [5, 5.41) is 0. The standard InChI is InChI=1S/C12H12F2O3/c1-16-11-6-10(14)9(13)5-8(11)12-4-7(15)2-3-17-12/h5-6,12H,2-4H2,1H3. The highest BCUT2D eigenvalue weighted by Crippen LogP contribution is 2.34. The summed E-state index contributed by atoms with van der Waals surface area (Å²) in [5.41, 5.74) is 0.374. The molecule has 1 aliphatic heterocycles. The van der Waals surface area contributed by atoms with Gasteiger partial charge in [-0.05, 0) is 6.07 Å². The SMILES string of the molecule is COc1cc(F)c(F)cc1C1CC(=O)CCO1. The van der Waals surface area contributed by atoms with Gasteiger partial charge in [-0.3, -0.25) is 4.79 Å². The van der Waals surface area contributed by atoms with Gasteiger partial charge >= 0.3 is 0 Å². The minimum absolute atomic E-state index is 0.0491.